The molecule has 1 saturated carbocycles. The summed E-state index contributed by atoms with van der Waals surface area (Å²) in [6.07, 6.45) is 4.39. The fraction of sp³-hybridized carbons (Fsp3) is 0.667. The Morgan fingerprint density at radius 1 is 0.920 bits per heavy atom. The van der Waals surface area contributed by atoms with E-state index in [9.17, 15) is 4.79 Å². The first kappa shape index (κ1) is 17.0. The average molecular weight is 343 g/mol. The summed E-state index contributed by atoms with van der Waals surface area (Å²) in [7, 11) is 0. The van der Waals surface area contributed by atoms with Gasteiger partial charge in [0.25, 0.3) is 0 Å². The average Bonchev–Trinajstić information content (AvgIpc) is 3.16. The van der Waals surface area contributed by atoms with Crippen LogP contribution in [0, 0.1) is 5.41 Å². The molecule has 0 unspecified atom stereocenters. The Morgan fingerprint density at radius 2 is 1.52 bits per heavy atom. The van der Waals surface area contributed by atoms with E-state index in [2.05, 4.69) is 45.0 Å². The van der Waals surface area contributed by atoms with Crippen molar-refractivity contribution in [2.75, 3.05) is 24.7 Å². The Labute approximate surface area is 150 Å². The van der Waals surface area contributed by atoms with E-state index >= 15 is 0 Å². The summed E-state index contributed by atoms with van der Waals surface area (Å²) in [4.78, 5) is 15.2. The van der Waals surface area contributed by atoms with Gasteiger partial charge in [-0.3, -0.25) is 4.79 Å². The molecule has 2 saturated heterocycles. The van der Waals surface area contributed by atoms with Crippen molar-refractivity contribution < 1.29 is 14.3 Å². The van der Waals surface area contributed by atoms with Gasteiger partial charge in [-0.05, 0) is 42.4 Å². The maximum Gasteiger partial charge on any atom is 0.233 e. The monoisotopic (exact) mass is 343 g/mol. The molecule has 2 aliphatic heterocycles. The van der Waals surface area contributed by atoms with Crippen molar-refractivity contribution in [2.45, 2.75) is 64.1 Å². The van der Waals surface area contributed by atoms with E-state index in [4.69, 9.17) is 9.47 Å². The zero-order valence-electron chi connectivity index (χ0n) is 15.6. The second-order valence-corrected chi connectivity index (χ2v) is 8.89. The first-order valence-electron chi connectivity index (χ1n) is 9.54. The van der Waals surface area contributed by atoms with Crippen LogP contribution < -0.4 is 4.90 Å². The molecule has 3 aliphatic rings. The van der Waals surface area contributed by atoms with Gasteiger partial charge in [0.2, 0.25) is 5.91 Å². The summed E-state index contributed by atoms with van der Waals surface area (Å²) in [5.41, 5.74) is 2.26. The molecule has 1 aromatic carbocycles. The fourth-order valence-corrected chi connectivity index (χ4v) is 4.57. The molecule has 0 aromatic heterocycles. The molecule has 4 nitrogen and oxygen atoms in total. The molecule has 1 aromatic rings. The predicted molar refractivity (Wildman–Crippen MR) is 97.6 cm³/mol. The molecule has 3 fully saturated rings. The maximum atomic E-state index is 13.2. The zero-order chi connectivity index (χ0) is 17.7. The summed E-state index contributed by atoms with van der Waals surface area (Å²) in [5, 5.41) is 0. The number of nitrogens with zero attached hydrogens (tertiary/aromatic N) is 1. The molecule has 0 N–H and O–H groups in total. The molecule has 25 heavy (non-hydrogen) atoms. The SMILES string of the molecule is CC(C)(C)c1ccc(N2CCC3(CCC4(CC3)OCCO4)C2=O)cc1. The smallest absolute Gasteiger partial charge is 0.233 e. The van der Waals surface area contributed by atoms with E-state index in [0.29, 0.717) is 19.1 Å². The molecule has 1 aliphatic carbocycles. The van der Waals surface area contributed by atoms with Crippen molar-refractivity contribution in [3.63, 3.8) is 0 Å². The van der Waals surface area contributed by atoms with Crippen LogP contribution in [0.25, 0.3) is 0 Å². The van der Waals surface area contributed by atoms with Crippen molar-refractivity contribution in [1.82, 2.24) is 0 Å². The Hall–Kier alpha value is -1.39. The Kier molecular flexibility index (Phi) is 3.97. The first-order valence-corrected chi connectivity index (χ1v) is 9.54. The third-order valence-electron chi connectivity index (χ3n) is 6.34. The highest BCUT2D eigenvalue weighted by atomic mass is 16.7. The van der Waals surface area contributed by atoms with E-state index < -0.39 is 5.79 Å². The number of anilines is 1. The second kappa shape index (κ2) is 5.82. The molecule has 0 bridgehead atoms. The Morgan fingerprint density at radius 3 is 2.08 bits per heavy atom. The van der Waals surface area contributed by atoms with Crippen molar-refractivity contribution in [3.05, 3.63) is 29.8 Å². The van der Waals surface area contributed by atoms with Gasteiger partial charge in [-0.15, -0.1) is 0 Å². The fourth-order valence-electron chi connectivity index (χ4n) is 4.57. The minimum atomic E-state index is -0.396. The number of rotatable bonds is 1. The highest BCUT2D eigenvalue weighted by molar-refractivity contribution is 6.00. The molecule has 1 amide bonds. The largest absolute Gasteiger partial charge is 0.348 e. The number of carbonyl (C=O) groups excluding carboxylic acids is 1. The van der Waals surface area contributed by atoms with E-state index in [1.807, 2.05) is 4.90 Å². The van der Waals surface area contributed by atoms with E-state index in [1.54, 1.807) is 0 Å². The van der Waals surface area contributed by atoms with E-state index in [-0.39, 0.29) is 10.8 Å². The van der Waals surface area contributed by atoms with Gasteiger partial charge in [-0.25, -0.2) is 0 Å². The topological polar surface area (TPSA) is 38.8 Å². The molecular formula is C21H29NO3. The highest BCUT2D eigenvalue weighted by Crippen LogP contribution is 2.50. The van der Waals surface area contributed by atoms with Gasteiger partial charge in [0.15, 0.2) is 5.79 Å². The molecule has 4 heteroatoms. The Balaban J connectivity index is 1.48. The zero-order valence-corrected chi connectivity index (χ0v) is 15.6. The summed E-state index contributed by atoms with van der Waals surface area (Å²) in [5.74, 6) is -0.100. The normalized spacial score (nSPS) is 25.2. The maximum absolute atomic E-state index is 13.2. The third-order valence-corrected chi connectivity index (χ3v) is 6.34. The second-order valence-electron chi connectivity index (χ2n) is 8.89. The lowest BCUT2D eigenvalue weighted by atomic mass is 9.71. The predicted octanol–water partition coefficient (Wildman–Crippen LogP) is 4.02. The Bertz CT molecular complexity index is 643. The van der Waals surface area contributed by atoms with Crippen LogP contribution in [-0.4, -0.2) is 31.5 Å². The molecule has 4 rings (SSSR count). The minimum absolute atomic E-state index is 0.133. The van der Waals surface area contributed by atoms with Gasteiger partial charge in [0.05, 0.1) is 18.6 Å². The quantitative estimate of drug-likeness (QED) is 0.773. The van der Waals surface area contributed by atoms with Crippen molar-refractivity contribution in [1.29, 1.82) is 0 Å². The summed E-state index contributed by atoms with van der Waals surface area (Å²) in [6.45, 7) is 8.83. The standard InChI is InChI=1S/C21H29NO3/c1-19(2,3)16-4-6-17(7-5-16)22-13-12-20(18(22)23)8-10-21(11-9-20)24-14-15-25-21/h4-7H,8-15H2,1-3H3. The lowest BCUT2D eigenvalue weighted by molar-refractivity contribution is -0.191. The van der Waals surface area contributed by atoms with E-state index in [0.717, 1.165) is 44.3 Å². The molecule has 2 spiro atoms. The van der Waals surface area contributed by atoms with E-state index in [1.165, 1.54) is 5.56 Å². The summed E-state index contributed by atoms with van der Waals surface area (Å²) >= 11 is 0. The van der Waals surface area contributed by atoms with Gasteiger partial charge in [0, 0.05) is 25.1 Å². The van der Waals surface area contributed by atoms with Crippen LogP contribution in [0.5, 0.6) is 0 Å². The molecule has 2 heterocycles. The molecule has 136 valence electrons. The molecule has 0 radical (unpaired) electrons. The third kappa shape index (κ3) is 2.89. The lowest BCUT2D eigenvalue weighted by Crippen LogP contribution is -2.44. The highest BCUT2D eigenvalue weighted by Gasteiger charge is 2.53. The van der Waals surface area contributed by atoms with Gasteiger partial charge in [-0.2, -0.15) is 0 Å². The van der Waals surface area contributed by atoms with Crippen LogP contribution in [-0.2, 0) is 19.7 Å². The van der Waals surface area contributed by atoms with Gasteiger partial charge >= 0.3 is 0 Å². The number of hydrogen-bond acceptors (Lipinski definition) is 3. The van der Waals surface area contributed by atoms with Crippen LogP contribution >= 0.6 is 0 Å². The summed E-state index contributed by atoms with van der Waals surface area (Å²) in [6, 6.07) is 8.52. The number of hydrogen-bond donors (Lipinski definition) is 0. The van der Waals surface area contributed by atoms with Crippen molar-refractivity contribution in [2.24, 2.45) is 5.41 Å². The molecular weight excluding hydrogens is 314 g/mol. The van der Waals surface area contributed by atoms with Gasteiger partial charge < -0.3 is 14.4 Å². The number of benzene rings is 1. The minimum Gasteiger partial charge on any atom is -0.348 e. The van der Waals surface area contributed by atoms with Crippen molar-refractivity contribution >= 4 is 11.6 Å². The number of ether oxygens (including phenoxy) is 2. The summed E-state index contributed by atoms with van der Waals surface area (Å²) < 4.78 is 11.7. The van der Waals surface area contributed by atoms with Crippen molar-refractivity contribution in [3.8, 4) is 0 Å². The van der Waals surface area contributed by atoms with Gasteiger partial charge in [0.1, 0.15) is 0 Å². The van der Waals surface area contributed by atoms with Gasteiger partial charge in [-0.1, -0.05) is 32.9 Å². The van der Waals surface area contributed by atoms with Crippen LogP contribution in [0.15, 0.2) is 24.3 Å². The van der Waals surface area contributed by atoms with Crippen LogP contribution in [0.3, 0.4) is 0 Å². The van der Waals surface area contributed by atoms with Crippen LogP contribution in [0.2, 0.25) is 0 Å². The first-order chi connectivity index (χ1) is 11.8. The lowest BCUT2D eigenvalue weighted by Gasteiger charge is -2.40. The number of amides is 1. The van der Waals surface area contributed by atoms with Crippen LogP contribution in [0.4, 0.5) is 5.69 Å². The number of carbonyl (C=O) groups is 1. The molecule has 0 atom stereocenters. The van der Waals surface area contributed by atoms with Crippen LogP contribution in [0.1, 0.15) is 58.4 Å².